The van der Waals surface area contributed by atoms with E-state index in [1.807, 2.05) is 0 Å². The van der Waals surface area contributed by atoms with Gasteiger partial charge in [-0.3, -0.25) is 4.55 Å². The average molecular weight is 217 g/mol. The van der Waals surface area contributed by atoms with Crippen molar-refractivity contribution in [1.82, 2.24) is 0 Å². The molecule has 0 aliphatic rings. The van der Waals surface area contributed by atoms with Crippen LogP contribution in [0.1, 0.15) is 10.4 Å². The number of carbonyl (C=O) groups excluding carboxylic acids is 1. The minimum Gasteiger partial charge on any atom is -0.661 e. The van der Waals surface area contributed by atoms with Crippen LogP contribution >= 0.6 is 0 Å². The summed E-state index contributed by atoms with van der Waals surface area (Å²) in [5.41, 5.74) is -0.0904. The van der Waals surface area contributed by atoms with Crippen molar-refractivity contribution in [2.24, 2.45) is 0 Å². The predicted molar refractivity (Wildman–Crippen MR) is 41.7 cm³/mol. The van der Waals surface area contributed by atoms with Crippen molar-refractivity contribution >= 4 is 16.1 Å². The molecule has 0 fully saturated rings. The van der Waals surface area contributed by atoms with Gasteiger partial charge < -0.3 is 10.1 Å². The molecule has 7 heteroatoms. The van der Waals surface area contributed by atoms with Gasteiger partial charge in [0.05, 0.1) is 10.5 Å². The van der Waals surface area contributed by atoms with Crippen molar-refractivity contribution in [1.29, 1.82) is 0 Å². The van der Waals surface area contributed by atoms with Crippen molar-refractivity contribution in [3.63, 3.8) is 0 Å². The van der Waals surface area contributed by atoms with Crippen LogP contribution in [0.3, 0.4) is 0 Å². The molecular formula is C7H5O6S-. The van der Waals surface area contributed by atoms with Crippen molar-refractivity contribution in [3.05, 3.63) is 29.8 Å². The third kappa shape index (κ3) is 2.28. The summed E-state index contributed by atoms with van der Waals surface area (Å²) in [6.07, 6.45) is 0. The van der Waals surface area contributed by atoms with Gasteiger partial charge in [-0.2, -0.15) is 8.42 Å². The molecule has 1 N–H and O–H groups in total. The molecule has 0 aromatic heterocycles. The fraction of sp³-hybridized carbons (Fsp3) is 0. The standard InChI is InChI=1S/C7H6O6S/c8-7(13-9)5-1-3-6(4-2-5)14(10,11)12/h1-4,9H,(H,10,11,12)/p-1. The van der Waals surface area contributed by atoms with Gasteiger partial charge >= 0.3 is 5.97 Å². The highest BCUT2D eigenvalue weighted by Crippen LogP contribution is 2.10. The van der Waals surface area contributed by atoms with Crippen LogP contribution < -0.4 is 5.26 Å². The Morgan fingerprint density at radius 1 is 1.29 bits per heavy atom. The van der Waals surface area contributed by atoms with Gasteiger partial charge in [0, 0.05) is 0 Å². The van der Waals surface area contributed by atoms with Gasteiger partial charge in [-0.1, -0.05) is 0 Å². The molecule has 0 saturated carbocycles. The zero-order chi connectivity index (χ0) is 10.8. The fourth-order valence-electron chi connectivity index (χ4n) is 0.811. The first kappa shape index (κ1) is 10.6. The second-order valence-corrected chi connectivity index (χ2v) is 3.79. The van der Waals surface area contributed by atoms with Gasteiger partial charge in [0.1, 0.15) is 0 Å². The smallest absolute Gasteiger partial charge is 0.332 e. The maximum Gasteiger partial charge on any atom is 0.332 e. The molecule has 14 heavy (non-hydrogen) atoms. The van der Waals surface area contributed by atoms with E-state index in [0.717, 1.165) is 24.3 Å². The minimum absolute atomic E-state index is 0.0904. The molecule has 0 aliphatic heterocycles. The van der Waals surface area contributed by atoms with E-state index in [0.29, 0.717) is 0 Å². The first-order chi connectivity index (χ1) is 6.45. The Bertz CT molecular complexity index is 432. The van der Waals surface area contributed by atoms with Crippen LogP contribution in [0.2, 0.25) is 0 Å². The molecule has 1 aromatic carbocycles. The Balaban J connectivity index is 3.07. The second kappa shape index (κ2) is 3.74. The van der Waals surface area contributed by atoms with Crippen molar-refractivity contribution in [2.45, 2.75) is 4.90 Å². The van der Waals surface area contributed by atoms with Crippen LogP contribution in [0.15, 0.2) is 29.2 Å². The molecular weight excluding hydrogens is 212 g/mol. The van der Waals surface area contributed by atoms with E-state index in [-0.39, 0.29) is 10.5 Å². The van der Waals surface area contributed by atoms with E-state index in [2.05, 4.69) is 4.89 Å². The van der Waals surface area contributed by atoms with Crippen LogP contribution in [-0.4, -0.2) is 18.9 Å². The molecule has 0 unspecified atom stereocenters. The number of benzene rings is 1. The molecule has 0 heterocycles. The van der Waals surface area contributed by atoms with E-state index in [4.69, 9.17) is 4.55 Å². The second-order valence-electron chi connectivity index (χ2n) is 2.37. The lowest BCUT2D eigenvalue weighted by Gasteiger charge is -2.05. The summed E-state index contributed by atoms with van der Waals surface area (Å²) in [7, 11) is -4.28. The molecule has 0 spiro atoms. The topological polar surface area (TPSA) is 104 Å². The zero-order valence-electron chi connectivity index (χ0n) is 6.71. The highest BCUT2D eigenvalue weighted by Gasteiger charge is 2.10. The minimum atomic E-state index is -4.28. The molecule has 0 amide bonds. The van der Waals surface area contributed by atoms with Crippen LogP contribution in [0.25, 0.3) is 0 Å². The highest BCUT2D eigenvalue weighted by atomic mass is 32.2. The summed E-state index contributed by atoms with van der Waals surface area (Å²) in [6, 6.07) is 4.09. The number of hydrogen-bond acceptors (Lipinski definition) is 5. The average Bonchev–Trinajstić information content (AvgIpc) is 2.15. The summed E-state index contributed by atoms with van der Waals surface area (Å²) in [4.78, 5) is 13.4. The largest absolute Gasteiger partial charge is 0.661 e. The van der Waals surface area contributed by atoms with Gasteiger partial charge in [-0.25, -0.2) is 4.79 Å². The van der Waals surface area contributed by atoms with E-state index < -0.39 is 16.1 Å². The van der Waals surface area contributed by atoms with E-state index in [9.17, 15) is 18.5 Å². The third-order valence-corrected chi connectivity index (χ3v) is 2.33. The highest BCUT2D eigenvalue weighted by molar-refractivity contribution is 7.85. The first-order valence-corrected chi connectivity index (χ1v) is 4.81. The van der Waals surface area contributed by atoms with E-state index in [1.54, 1.807) is 0 Å². The van der Waals surface area contributed by atoms with Gasteiger partial charge in [-0.05, 0) is 24.3 Å². The molecule has 0 saturated heterocycles. The van der Waals surface area contributed by atoms with Crippen molar-refractivity contribution in [2.75, 3.05) is 0 Å². The van der Waals surface area contributed by atoms with Gasteiger partial charge in [-0.15, -0.1) is 0 Å². The Morgan fingerprint density at radius 2 is 1.79 bits per heavy atom. The maximum absolute atomic E-state index is 10.6. The van der Waals surface area contributed by atoms with E-state index >= 15 is 0 Å². The van der Waals surface area contributed by atoms with Gasteiger partial charge in [0.15, 0.2) is 0 Å². The van der Waals surface area contributed by atoms with E-state index in [1.165, 1.54) is 0 Å². The van der Waals surface area contributed by atoms with Crippen LogP contribution in [0.5, 0.6) is 0 Å². The van der Waals surface area contributed by atoms with Crippen LogP contribution in [0, 0.1) is 0 Å². The Labute approximate surface area is 79.4 Å². The first-order valence-electron chi connectivity index (χ1n) is 3.37. The van der Waals surface area contributed by atoms with Crippen molar-refractivity contribution in [3.8, 4) is 0 Å². The van der Waals surface area contributed by atoms with Crippen LogP contribution in [-0.2, 0) is 15.0 Å². The number of carbonyl (C=O) groups is 1. The Kier molecular flexibility index (Phi) is 2.84. The molecule has 0 bridgehead atoms. The zero-order valence-corrected chi connectivity index (χ0v) is 7.52. The van der Waals surface area contributed by atoms with Gasteiger partial charge in [0.2, 0.25) is 0 Å². The summed E-state index contributed by atoms with van der Waals surface area (Å²) >= 11 is 0. The molecule has 1 rings (SSSR count). The monoisotopic (exact) mass is 217 g/mol. The molecule has 0 atom stereocenters. The summed E-state index contributed by atoms with van der Waals surface area (Å²) < 4.78 is 29.7. The number of hydrogen-bond donors (Lipinski definition) is 1. The molecule has 6 nitrogen and oxygen atoms in total. The van der Waals surface area contributed by atoms with Crippen LogP contribution in [0.4, 0.5) is 0 Å². The van der Waals surface area contributed by atoms with Gasteiger partial charge in [0.25, 0.3) is 10.1 Å². The summed E-state index contributed by atoms with van der Waals surface area (Å²) in [5.74, 6) is -1.12. The normalized spacial score (nSPS) is 11.0. The van der Waals surface area contributed by atoms with Crippen molar-refractivity contribution < 1.29 is 27.9 Å². The predicted octanol–water partition coefficient (Wildman–Crippen LogP) is -0.635. The lowest BCUT2D eigenvalue weighted by atomic mass is 10.2. The fourth-order valence-corrected chi connectivity index (χ4v) is 1.29. The third-order valence-electron chi connectivity index (χ3n) is 1.46. The Hall–Kier alpha value is -1.44. The molecule has 1 aromatic rings. The lowest BCUT2D eigenvalue weighted by molar-refractivity contribution is -0.653. The Morgan fingerprint density at radius 3 is 2.14 bits per heavy atom. The summed E-state index contributed by atoms with van der Waals surface area (Å²) in [5, 5.41) is 9.69. The molecule has 0 radical (unpaired) electrons. The SMILES string of the molecule is O=C(O[O-])c1ccc(S(=O)(=O)O)cc1. The lowest BCUT2D eigenvalue weighted by Crippen LogP contribution is -2.14. The molecule has 76 valence electrons. The maximum atomic E-state index is 10.6. The quantitative estimate of drug-likeness (QED) is 0.401. The molecule has 0 aliphatic carbocycles. The number of rotatable bonds is 2. The summed E-state index contributed by atoms with van der Waals surface area (Å²) in [6.45, 7) is 0.